The Balaban J connectivity index is 1.60. The number of fused-ring (bicyclic) bond motifs is 1. The molecule has 4 rings (SSSR count). The smallest absolute Gasteiger partial charge is 0.224 e. The van der Waals surface area contributed by atoms with Gasteiger partial charge in [-0.05, 0) is 23.6 Å². The highest BCUT2D eigenvalue weighted by Gasteiger charge is 2.12. The minimum atomic E-state index is 0.655. The van der Waals surface area contributed by atoms with Crippen LogP contribution in [0.2, 0.25) is 0 Å². The van der Waals surface area contributed by atoms with Gasteiger partial charge >= 0.3 is 0 Å². The molecule has 0 unspecified atom stereocenters. The first-order valence-corrected chi connectivity index (χ1v) is 9.00. The quantitative estimate of drug-likeness (QED) is 0.537. The number of aromatic nitrogens is 6. The summed E-state index contributed by atoms with van der Waals surface area (Å²) in [5.41, 5.74) is 2.76. The van der Waals surface area contributed by atoms with Crippen molar-refractivity contribution in [3.8, 4) is 11.4 Å². The lowest BCUT2D eigenvalue weighted by atomic mass is 10.3. The summed E-state index contributed by atoms with van der Waals surface area (Å²) in [4.78, 5) is 12.6. The zero-order valence-corrected chi connectivity index (χ0v) is 15.6. The minimum absolute atomic E-state index is 0.655. The van der Waals surface area contributed by atoms with Crippen LogP contribution in [0, 0.1) is 0 Å². The fourth-order valence-electron chi connectivity index (χ4n) is 2.57. The molecular weight excluding hydrogens is 348 g/mol. The van der Waals surface area contributed by atoms with Crippen molar-refractivity contribution < 1.29 is 0 Å². The van der Waals surface area contributed by atoms with Crippen molar-refractivity contribution in [2.45, 2.75) is 6.54 Å². The first kappa shape index (κ1) is 16.4. The van der Waals surface area contributed by atoms with Crippen LogP contribution in [0.3, 0.4) is 0 Å². The molecule has 4 aromatic heterocycles. The second-order valence-corrected chi connectivity index (χ2v) is 6.92. The first-order chi connectivity index (χ1) is 12.6. The van der Waals surface area contributed by atoms with Gasteiger partial charge in [-0.1, -0.05) is 0 Å². The predicted octanol–water partition coefficient (Wildman–Crippen LogP) is 2.35. The lowest BCUT2D eigenvalue weighted by molar-refractivity contribution is 0.833. The summed E-state index contributed by atoms with van der Waals surface area (Å²) < 4.78 is 1.78. The lowest BCUT2D eigenvalue weighted by Crippen LogP contribution is -2.19. The van der Waals surface area contributed by atoms with Gasteiger partial charge in [0.25, 0.3) is 0 Å². The van der Waals surface area contributed by atoms with Gasteiger partial charge in [0.1, 0.15) is 5.82 Å². The van der Waals surface area contributed by atoms with Gasteiger partial charge in [-0.15, -0.1) is 15.3 Å². The average molecular weight is 366 g/mol. The van der Waals surface area contributed by atoms with Crippen molar-refractivity contribution in [3.63, 3.8) is 0 Å². The Kier molecular flexibility index (Phi) is 4.21. The van der Waals surface area contributed by atoms with E-state index in [0.29, 0.717) is 12.5 Å². The van der Waals surface area contributed by atoms with Gasteiger partial charge in [-0.2, -0.15) is 15.9 Å². The van der Waals surface area contributed by atoms with Gasteiger partial charge in [0, 0.05) is 56.6 Å². The van der Waals surface area contributed by atoms with Crippen LogP contribution in [0.15, 0.2) is 41.4 Å². The van der Waals surface area contributed by atoms with Crippen molar-refractivity contribution in [3.05, 3.63) is 46.9 Å². The molecule has 0 radical (unpaired) electrons. The highest BCUT2D eigenvalue weighted by molar-refractivity contribution is 7.08. The van der Waals surface area contributed by atoms with Crippen LogP contribution < -0.4 is 9.80 Å². The molecule has 0 aliphatic carbocycles. The van der Waals surface area contributed by atoms with E-state index in [-0.39, 0.29) is 0 Å². The number of anilines is 2. The zero-order valence-electron chi connectivity index (χ0n) is 14.7. The van der Waals surface area contributed by atoms with Crippen molar-refractivity contribution in [1.82, 2.24) is 29.8 Å². The lowest BCUT2D eigenvalue weighted by Gasteiger charge is -2.18. The van der Waals surface area contributed by atoms with Gasteiger partial charge in [0.05, 0.1) is 0 Å². The van der Waals surface area contributed by atoms with E-state index in [1.807, 2.05) is 72.3 Å². The summed E-state index contributed by atoms with van der Waals surface area (Å²) in [5, 5.41) is 17.2. The van der Waals surface area contributed by atoms with Crippen LogP contribution >= 0.6 is 11.3 Å². The monoisotopic (exact) mass is 366 g/mol. The highest BCUT2D eigenvalue weighted by atomic mass is 32.1. The van der Waals surface area contributed by atoms with Crippen molar-refractivity contribution in [2.24, 2.45) is 0 Å². The molecule has 9 heteroatoms. The minimum Gasteiger partial charge on any atom is -0.354 e. The summed E-state index contributed by atoms with van der Waals surface area (Å²) >= 11 is 1.63. The molecule has 0 fully saturated rings. The summed E-state index contributed by atoms with van der Waals surface area (Å²) in [6.07, 6.45) is 3.68. The van der Waals surface area contributed by atoms with Crippen LogP contribution in [-0.4, -0.2) is 50.9 Å². The number of nitrogens with zero attached hydrogens (tertiary/aromatic N) is 8. The van der Waals surface area contributed by atoms with Crippen molar-refractivity contribution >= 4 is 28.8 Å². The SMILES string of the molecule is CN(C)c1ncc(CN(C)c2ccc3nnc(-c4ccsc4)n3n2)cn1. The first-order valence-electron chi connectivity index (χ1n) is 8.06. The normalized spacial score (nSPS) is 11.0. The second kappa shape index (κ2) is 6.68. The molecule has 4 heterocycles. The second-order valence-electron chi connectivity index (χ2n) is 6.14. The third-order valence-electron chi connectivity index (χ3n) is 3.93. The number of thiophene rings is 1. The predicted molar refractivity (Wildman–Crippen MR) is 103 cm³/mol. The summed E-state index contributed by atoms with van der Waals surface area (Å²) in [6, 6.07) is 5.88. The molecule has 0 bridgehead atoms. The van der Waals surface area contributed by atoms with E-state index >= 15 is 0 Å². The maximum Gasteiger partial charge on any atom is 0.224 e. The molecule has 4 aromatic rings. The standard InChI is InChI=1S/C17H18N8S/c1-23(2)17-18-8-12(9-19-17)10-24(3)15-5-4-14-20-21-16(25(14)22-15)13-6-7-26-11-13/h4-9,11H,10H2,1-3H3. The Labute approximate surface area is 154 Å². The number of hydrogen-bond acceptors (Lipinski definition) is 8. The van der Waals surface area contributed by atoms with Crippen molar-refractivity contribution in [1.29, 1.82) is 0 Å². The van der Waals surface area contributed by atoms with Gasteiger partial charge in [-0.3, -0.25) is 0 Å². The number of rotatable bonds is 5. The molecule has 0 aromatic carbocycles. The van der Waals surface area contributed by atoms with Gasteiger partial charge in [0.15, 0.2) is 11.5 Å². The van der Waals surface area contributed by atoms with Crippen LogP contribution in [0.1, 0.15) is 5.56 Å². The zero-order chi connectivity index (χ0) is 18.1. The molecule has 0 saturated carbocycles. The molecule has 8 nitrogen and oxygen atoms in total. The van der Waals surface area contributed by atoms with Gasteiger partial charge < -0.3 is 9.80 Å². The van der Waals surface area contributed by atoms with Crippen LogP contribution in [0.4, 0.5) is 11.8 Å². The van der Waals surface area contributed by atoms with E-state index in [9.17, 15) is 0 Å². The van der Waals surface area contributed by atoms with Gasteiger partial charge in [-0.25, -0.2) is 9.97 Å². The Bertz CT molecular complexity index is 1010. The van der Waals surface area contributed by atoms with Gasteiger partial charge in [0.2, 0.25) is 5.95 Å². The maximum absolute atomic E-state index is 4.71. The number of hydrogen-bond donors (Lipinski definition) is 0. The Morgan fingerprint density at radius 1 is 1.04 bits per heavy atom. The molecule has 26 heavy (non-hydrogen) atoms. The topological polar surface area (TPSA) is 75.3 Å². The van der Waals surface area contributed by atoms with E-state index in [0.717, 1.165) is 28.4 Å². The van der Waals surface area contributed by atoms with E-state index in [1.54, 1.807) is 15.9 Å². The van der Waals surface area contributed by atoms with E-state index in [4.69, 9.17) is 5.10 Å². The third-order valence-corrected chi connectivity index (χ3v) is 4.61. The van der Waals surface area contributed by atoms with Crippen LogP contribution in [0.25, 0.3) is 17.0 Å². The Morgan fingerprint density at radius 2 is 1.85 bits per heavy atom. The average Bonchev–Trinajstić information content (AvgIpc) is 3.30. The van der Waals surface area contributed by atoms with E-state index in [1.165, 1.54) is 0 Å². The third kappa shape index (κ3) is 3.08. The fraction of sp³-hybridized carbons (Fsp3) is 0.235. The molecule has 0 N–H and O–H groups in total. The largest absolute Gasteiger partial charge is 0.354 e. The molecule has 0 aliphatic rings. The maximum atomic E-state index is 4.71. The molecule has 0 atom stereocenters. The van der Waals surface area contributed by atoms with Crippen LogP contribution in [0.5, 0.6) is 0 Å². The molecular formula is C17H18N8S. The van der Waals surface area contributed by atoms with E-state index in [2.05, 4.69) is 20.2 Å². The summed E-state index contributed by atoms with van der Waals surface area (Å²) in [5.74, 6) is 2.27. The summed E-state index contributed by atoms with van der Waals surface area (Å²) in [7, 11) is 5.83. The van der Waals surface area contributed by atoms with Crippen LogP contribution in [-0.2, 0) is 6.54 Å². The van der Waals surface area contributed by atoms with Crippen molar-refractivity contribution in [2.75, 3.05) is 30.9 Å². The molecule has 132 valence electrons. The molecule has 0 saturated heterocycles. The molecule has 0 amide bonds. The molecule has 0 aliphatic heterocycles. The molecule has 0 spiro atoms. The van der Waals surface area contributed by atoms with E-state index < -0.39 is 0 Å². The highest BCUT2D eigenvalue weighted by Crippen LogP contribution is 2.22. The Morgan fingerprint density at radius 3 is 2.54 bits per heavy atom. The Hall–Kier alpha value is -3.07. The summed E-state index contributed by atoms with van der Waals surface area (Å²) in [6.45, 7) is 0.655. The fourth-order valence-corrected chi connectivity index (χ4v) is 3.20.